The van der Waals surface area contributed by atoms with Crippen molar-refractivity contribution in [3.05, 3.63) is 59.7 Å². The Morgan fingerprint density at radius 3 is 2.29 bits per heavy atom. The second-order valence-electron chi connectivity index (χ2n) is 6.35. The molecule has 0 radical (unpaired) electrons. The number of esters is 1. The number of morpholine rings is 1. The third-order valence-electron chi connectivity index (χ3n) is 4.61. The molecule has 28 heavy (non-hydrogen) atoms. The first-order chi connectivity index (χ1) is 13.6. The summed E-state index contributed by atoms with van der Waals surface area (Å²) in [4.78, 5) is 29.6. The molecule has 7 heteroatoms. The normalized spacial score (nSPS) is 13.9. The molecular weight excluding hydrogens is 376 g/mol. The number of carbonyl (C=O) groups is 2. The van der Waals surface area contributed by atoms with Crippen molar-refractivity contribution in [2.24, 2.45) is 0 Å². The van der Waals surface area contributed by atoms with Gasteiger partial charge in [0.15, 0.2) is 0 Å². The largest absolute Gasteiger partial charge is 0.465 e. The molecule has 0 atom stereocenters. The minimum Gasteiger partial charge on any atom is -0.465 e. The fourth-order valence-electron chi connectivity index (χ4n) is 3.00. The second-order valence-corrected chi connectivity index (χ2v) is 7.23. The van der Waals surface area contributed by atoms with Gasteiger partial charge in [-0.15, -0.1) is 11.8 Å². The lowest BCUT2D eigenvalue weighted by Gasteiger charge is -2.33. The lowest BCUT2D eigenvalue weighted by atomic mass is 10.1. The molecule has 2 aromatic rings. The van der Waals surface area contributed by atoms with Gasteiger partial charge >= 0.3 is 12.0 Å². The smallest absolute Gasteiger partial charge is 0.337 e. The minimum absolute atomic E-state index is 0.0442. The summed E-state index contributed by atoms with van der Waals surface area (Å²) in [5.74, 6) is -0.375. The third kappa shape index (κ3) is 4.85. The average molecular weight is 400 g/mol. The highest BCUT2D eigenvalue weighted by molar-refractivity contribution is 7.98. The average Bonchev–Trinajstić information content (AvgIpc) is 2.77. The number of hydrogen-bond donors (Lipinski definition) is 0. The van der Waals surface area contributed by atoms with E-state index >= 15 is 0 Å². The van der Waals surface area contributed by atoms with E-state index in [1.807, 2.05) is 47.6 Å². The highest BCUT2D eigenvalue weighted by atomic mass is 32.2. The number of methoxy groups -OCH3 is 1. The van der Waals surface area contributed by atoms with Crippen LogP contribution in [0, 0.1) is 0 Å². The Labute approximate surface area is 169 Å². The summed E-state index contributed by atoms with van der Waals surface area (Å²) in [6.45, 7) is 2.69. The zero-order valence-electron chi connectivity index (χ0n) is 16.1. The zero-order chi connectivity index (χ0) is 19.9. The first-order valence-electron chi connectivity index (χ1n) is 9.08. The Morgan fingerprint density at radius 2 is 1.71 bits per heavy atom. The highest BCUT2D eigenvalue weighted by Gasteiger charge is 2.24. The van der Waals surface area contributed by atoms with Crippen LogP contribution in [0.4, 0.5) is 10.5 Å². The van der Waals surface area contributed by atoms with Crippen molar-refractivity contribution in [3.63, 3.8) is 0 Å². The van der Waals surface area contributed by atoms with Crippen molar-refractivity contribution in [1.29, 1.82) is 0 Å². The van der Waals surface area contributed by atoms with Crippen molar-refractivity contribution < 1.29 is 19.1 Å². The van der Waals surface area contributed by atoms with Crippen LogP contribution in [0.3, 0.4) is 0 Å². The van der Waals surface area contributed by atoms with E-state index in [4.69, 9.17) is 9.47 Å². The SMILES string of the molecule is COC(=O)c1ccc(CN(C(=O)N2CCOCC2)c2ccc(SC)cc2)cc1. The van der Waals surface area contributed by atoms with Gasteiger partial charge in [0.25, 0.3) is 0 Å². The van der Waals surface area contributed by atoms with Crippen LogP contribution in [0.2, 0.25) is 0 Å². The summed E-state index contributed by atoms with van der Waals surface area (Å²) in [6, 6.07) is 15.0. The van der Waals surface area contributed by atoms with Crippen LogP contribution in [0.5, 0.6) is 0 Å². The Bertz CT molecular complexity index is 802. The molecule has 6 nitrogen and oxygen atoms in total. The van der Waals surface area contributed by atoms with E-state index in [9.17, 15) is 9.59 Å². The van der Waals surface area contributed by atoms with Crippen molar-refractivity contribution in [3.8, 4) is 0 Å². The summed E-state index contributed by atoms with van der Waals surface area (Å²) >= 11 is 1.66. The monoisotopic (exact) mass is 400 g/mol. The number of amides is 2. The molecule has 0 N–H and O–H groups in total. The molecule has 1 saturated heterocycles. The molecule has 1 heterocycles. The maximum Gasteiger partial charge on any atom is 0.337 e. The molecule has 1 aliphatic rings. The van der Waals surface area contributed by atoms with E-state index in [2.05, 4.69) is 0 Å². The lowest BCUT2D eigenvalue weighted by molar-refractivity contribution is 0.0548. The van der Waals surface area contributed by atoms with Crippen LogP contribution in [0.1, 0.15) is 15.9 Å². The van der Waals surface area contributed by atoms with Crippen LogP contribution in [0.15, 0.2) is 53.4 Å². The summed E-state index contributed by atoms with van der Waals surface area (Å²) < 4.78 is 10.1. The van der Waals surface area contributed by atoms with E-state index in [0.717, 1.165) is 16.1 Å². The van der Waals surface area contributed by atoms with Crippen LogP contribution < -0.4 is 4.90 Å². The molecule has 0 bridgehead atoms. The molecule has 0 unspecified atom stereocenters. The molecular formula is C21H24N2O4S. The van der Waals surface area contributed by atoms with Crippen molar-refractivity contribution in [2.75, 3.05) is 44.6 Å². The Hall–Kier alpha value is -2.51. The summed E-state index contributed by atoms with van der Waals surface area (Å²) in [5, 5.41) is 0. The van der Waals surface area contributed by atoms with Crippen LogP contribution >= 0.6 is 11.8 Å². The van der Waals surface area contributed by atoms with E-state index in [1.165, 1.54) is 7.11 Å². The Balaban J connectivity index is 1.84. The molecule has 1 fully saturated rings. The number of rotatable bonds is 5. The van der Waals surface area contributed by atoms with Crippen LogP contribution in [-0.4, -0.2) is 56.6 Å². The number of thioether (sulfide) groups is 1. The highest BCUT2D eigenvalue weighted by Crippen LogP contribution is 2.24. The molecule has 0 aliphatic carbocycles. The number of ether oxygens (including phenoxy) is 2. The predicted octanol–water partition coefficient (Wildman–Crippen LogP) is 3.65. The third-order valence-corrected chi connectivity index (χ3v) is 5.36. The molecule has 148 valence electrons. The maximum absolute atomic E-state index is 13.2. The van der Waals surface area contributed by atoms with Gasteiger partial charge in [-0.1, -0.05) is 12.1 Å². The molecule has 0 saturated carbocycles. The number of hydrogen-bond acceptors (Lipinski definition) is 5. The van der Waals surface area contributed by atoms with Crippen LogP contribution in [-0.2, 0) is 16.0 Å². The van der Waals surface area contributed by atoms with E-state index < -0.39 is 0 Å². The Morgan fingerprint density at radius 1 is 1.07 bits per heavy atom. The van der Waals surface area contributed by atoms with E-state index in [1.54, 1.807) is 28.8 Å². The summed E-state index contributed by atoms with van der Waals surface area (Å²) in [5.41, 5.74) is 2.26. The van der Waals surface area contributed by atoms with Crippen LogP contribution in [0.25, 0.3) is 0 Å². The van der Waals surface area contributed by atoms with Gasteiger partial charge in [0.05, 0.1) is 32.4 Å². The summed E-state index contributed by atoms with van der Waals surface area (Å²) in [6.07, 6.45) is 2.02. The summed E-state index contributed by atoms with van der Waals surface area (Å²) in [7, 11) is 1.36. The van der Waals surface area contributed by atoms with Gasteiger partial charge < -0.3 is 14.4 Å². The fourth-order valence-corrected chi connectivity index (χ4v) is 3.41. The molecule has 0 aromatic heterocycles. The van der Waals surface area contributed by atoms with E-state index in [0.29, 0.717) is 38.4 Å². The molecule has 3 rings (SSSR count). The van der Waals surface area contributed by atoms with Gasteiger partial charge in [-0.2, -0.15) is 0 Å². The van der Waals surface area contributed by atoms with E-state index in [-0.39, 0.29) is 12.0 Å². The Kier molecular flexibility index (Phi) is 6.95. The van der Waals surface area contributed by atoms with Crippen molar-refractivity contribution in [1.82, 2.24) is 4.90 Å². The first-order valence-corrected chi connectivity index (χ1v) is 10.3. The van der Waals surface area contributed by atoms with Gasteiger partial charge in [0, 0.05) is 23.7 Å². The maximum atomic E-state index is 13.2. The second kappa shape index (κ2) is 9.61. The van der Waals surface area contributed by atoms with Gasteiger partial charge in [-0.25, -0.2) is 9.59 Å². The standard InChI is InChI=1S/C21H24N2O4S/c1-26-20(24)17-5-3-16(4-6-17)15-23(18-7-9-19(28-2)10-8-18)21(25)22-11-13-27-14-12-22/h3-10H,11-15H2,1-2H3. The predicted molar refractivity (Wildman–Crippen MR) is 110 cm³/mol. The van der Waals surface area contributed by atoms with Gasteiger partial charge in [-0.05, 0) is 48.2 Å². The lowest BCUT2D eigenvalue weighted by Crippen LogP contribution is -2.48. The number of carbonyl (C=O) groups excluding carboxylic acids is 2. The van der Waals surface area contributed by atoms with Gasteiger partial charge in [-0.3, -0.25) is 4.90 Å². The molecule has 1 aliphatic heterocycles. The van der Waals surface area contributed by atoms with Crippen molar-refractivity contribution >= 4 is 29.4 Å². The first kappa shape index (κ1) is 20.2. The number of anilines is 1. The zero-order valence-corrected chi connectivity index (χ0v) is 16.9. The van der Waals surface area contributed by atoms with Gasteiger partial charge in [0.1, 0.15) is 0 Å². The topological polar surface area (TPSA) is 59.1 Å². The number of nitrogens with zero attached hydrogens (tertiary/aromatic N) is 2. The molecule has 2 amide bonds. The number of benzene rings is 2. The van der Waals surface area contributed by atoms with Crippen molar-refractivity contribution in [2.45, 2.75) is 11.4 Å². The molecule has 2 aromatic carbocycles. The number of urea groups is 1. The quantitative estimate of drug-likeness (QED) is 0.566. The fraction of sp³-hybridized carbons (Fsp3) is 0.333. The molecule has 0 spiro atoms. The minimum atomic E-state index is -0.375. The van der Waals surface area contributed by atoms with Gasteiger partial charge in [0.2, 0.25) is 0 Å².